The normalized spacial score (nSPS) is 14.2. The predicted molar refractivity (Wildman–Crippen MR) is 326 cm³/mol. The van der Waals surface area contributed by atoms with Gasteiger partial charge >= 0.3 is 39.5 Å². The van der Waals surface area contributed by atoms with Crippen LogP contribution in [0.15, 0.2) is 0 Å². The molecule has 0 rings (SSSR count). The van der Waals surface area contributed by atoms with Crippen molar-refractivity contribution in [3.05, 3.63) is 0 Å². The van der Waals surface area contributed by atoms with Gasteiger partial charge < -0.3 is 33.8 Å². The Morgan fingerprint density at radius 1 is 0.293 bits per heavy atom. The summed E-state index contributed by atoms with van der Waals surface area (Å²) in [6, 6.07) is 0. The number of unbranched alkanes of at least 4 members (excludes halogenated alkanes) is 38. The Balaban J connectivity index is 5.14. The molecule has 0 saturated heterocycles. The molecule has 3 N–H and O–H groups in total. The van der Waals surface area contributed by atoms with Gasteiger partial charge in [0, 0.05) is 25.7 Å². The van der Waals surface area contributed by atoms with Crippen LogP contribution in [-0.4, -0.2) is 96.7 Å². The summed E-state index contributed by atoms with van der Waals surface area (Å²) >= 11 is 0. The molecular weight excluding hydrogens is 1090 g/mol. The molecule has 0 amide bonds. The van der Waals surface area contributed by atoms with E-state index in [2.05, 4.69) is 27.7 Å². The quantitative estimate of drug-likeness (QED) is 0.0222. The van der Waals surface area contributed by atoms with Gasteiger partial charge in [-0.2, -0.15) is 0 Å². The van der Waals surface area contributed by atoms with Gasteiger partial charge in [-0.3, -0.25) is 37.3 Å². The molecular formula is C63H122O17P2. The largest absolute Gasteiger partial charge is 0.472 e. The van der Waals surface area contributed by atoms with Crippen molar-refractivity contribution in [3.8, 4) is 0 Å². The number of phosphoric ester groups is 2. The van der Waals surface area contributed by atoms with E-state index < -0.39 is 97.5 Å². The minimum Gasteiger partial charge on any atom is -0.462 e. The van der Waals surface area contributed by atoms with Crippen molar-refractivity contribution in [2.24, 2.45) is 0 Å². The molecule has 19 heteroatoms. The smallest absolute Gasteiger partial charge is 0.462 e. The Hall–Kier alpha value is -1.94. The zero-order valence-electron chi connectivity index (χ0n) is 52.5. The summed E-state index contributed by atoms with van der Waals surface area (Å²) in [5, 5.41) is 10.5. The number of carbonyl (C=O) groups is 4. The molecule has 17 nitrogen and oxygen atoms in total. The topological polar surface area (TPSA) is 237 Å². The SMILES string of the molecule is CCCCCCCCCCCCCCCCCC(=O)OC[C@H](COP(=O)(O)OC[C@@H](O)COP(=O)(O)OC[C@@H](COC(=O)CCCCCCC)OC(=O)CCCCCCCCC)OC(=O)CCCCCCCCCCCCCCCCC. The number of carbonyl (C=O) groups excluding carboxylic acids is 4. The van der Waals surface area contributed by atoms with Crippen molar-refractivity contribution in [2.75, 3.05) is 39.6 Å². The third kappa shape index (κ3) is 57.2. The Kier molecular flexibility index (Phi) is 56.7. The van der Waals surface area contributed by atoms with Crippen LogP contribution < -0.4 is 0 Å². The Bertz CT molecular complexity index is 1590. The van der Waals surface area contributed by atoms with E-state index >= 15 is 0 Å². The second-order valence-electron chi connectivity index (χ2n) is 22.8. The summed E-state index contributed by atoms with van der Waals surface area (Å²) in [5.41, 5.74) is 0. The monoisotopic (exact) mass is 1210 g/mol. The highest BCUT2D eigenvalue weighted by molar-refractivity contribution is 7.47. The number of aliphatic hydroxyl groups is 1. The first-order chi connectivity index (χ1) is 39.7. The van der Waals surface area contributed by atoms with Crippen molar-refractivity contribution in [1.29, 1.82) is 0 Å². The van der Waals surface area contributed by atoms with E-state index in [0.717, 1.165) is 109 Å². The van der Waals surface area contributed by atoms with E-state index in [0.29, 0.717) is 25.7 Å². The van der Waals surface area contributed by atoms with Crippen LogP contribution in [0, 0.1) is 0 Å². The minimum absolute atomic E-state index is 0.103. The van der Waals surface area contributed by atoms with E-state index in [1.165, 1.54) is 135 Å². The van der Waals surface area contributed by atoms with Gasteiger partial charge in [-0.25, -0.2) is 9.13 Å². The fraction of sp³-hybridized carbons (Fsp3) is 0.937. The number of hydrogen-bond donors (Lipinski definition) is 3. The molecule has 0 aliphatic rings. The molecule has 0 aliphatic heterocycles. The Labute approximate surface area is 498 Å². The van der Waals surface area contributed by atoms with Crippen molar-refractivity contribution in [3.63, 3.8) is 0 Å². The first-order valence-corrected chi connectivity index (χ1v) is 36.3. The van der Waals surface area contributed by atoms with Crippen LogP contribution in [0.4, 0.5) is 0 Å². The zero-order valence-corrected chi connectivity index (χ0v) is 54.2. The fourth-order valence-electron chi connectivity index (χ4n) is 9.46. The standard InChI is InChI=1S/C63H122O17P2/c1-5-9-13-17-20-22-24-26-28-30-32-34-37-40-44-48-61(66)74-54-59(80-63(68)50-46-42-38-35-33-31-29-27-25-23-21-18-14-10-6-2)56-78-82(71,72)76-52-57(64)51-75-81(69,70)77-55-58(53-73-60(65)47-43-39-16-12-8-4)79-62(67)49-45-41-36-19-15-11-7-3/h57-59,64H,5-56H2,1-4H3,(H,69,70)(H,71,72)/t57-,58+,59+/m0/s1. The summed E-state index contributed by atoms with van der Waals surface area (Å²) < 4.78 is 67.7. The second kappa shape index (κ2) is 58.1. The molecule has 0 radical (unpaired) electrons. The lowest BCUT2D eigenvalue weighted by Crippen LogP contribution is -2.30. The van der Waals surface area contributed by atoms with Crippen molar-refractivity contribution >= 4 is 39.5 Å². The molecule has 0 aliphatic carbocycles. The minimum atomic E-state index is -4.94. The van der Waals surface area contributed by atoms with Gasteiger partial charge in [-0.05, 0) is 25.7 Å². The zero-order chi connectivity index (χ0) is 60.5. The van der Waals surface area contributed by atoms with Crippen LogP contribution in [-0.2, 0) is 65.4 Å². The van der Waals surface area contributed by atoms with E-state index in [1.54, 1.807) is 0 Å². The molecule has 82 heavy (non-hydrogen) atoms. The summed E-state index contributed by atoms with van der Waals surface area (Å²) in [6.07, 6.45) is 43.6. The van der Waals surface area contributed by atoms with Gasteiger partial charge in [-0.15, -0.1) is 0 Å². The number of esters is 4. The number of hydrogen-bond acceptors (Lipinski definition) is 15. The summed E-state index contributed by atoms with van der Waals surface area (Å²) in [4.78, 5) is 71.8. The molecule has 486 valence electrons. The molecule has 0 heterocycles. The lowest BCUT2D eigenvalue weighted by atomic mass is 10.0. The highest BCUT2D eigenvalue weighted by Gasteiger charge is 2.30. The number of ether oxygens (including phenoxy) is 4. The first-order valence-electron chi connectivity index (χ1n) is 33.3. The highest BCUT2D eigenvalue weighted by atomic mass is 31.2. The molecule has 0 aromatic heterocycles. The summed E-state index contributed by atoms with van der Waals surface area (Å²) in [7, 11) is -9.87. The van der Waals surface area contributed by atoms with Crippen LogP contribution in [0.25, 0.3) is 0 Å². The third-order valence-electron chi connectivity index (χ3n) is 14.6. The third-order valence-corrected chi connectivity index (χ3v) is 16.5. The molecule has 2 unspecified atom stereocenters. The van der Waals surface area contributed by atoms with E-state index in [1.807, 2.05) is 0 Å². The molecule has 0 bridgehead atoms. The maximum absolute atomic E-state index is 13.0. The van der Waals surface area contributed by atoms with Crippen LogP contribution in [0.3, 0.4) is 0 Å². The maximum atomic E-state index is 13.0. The highest BCUT2D eigenvalue weighted by Crippen LogP contribution is 2.45. The maximum Gasteiger partial charge on any atom is 0.472 e. The van der Waals surface area contributed by atoms with Gasteiger partial charge in [0.1, 0.15) is 19.3 Å². The van der Waals surface area contributed by atoms with Crippen LogP contribution in [0.2, 0.25) is 0 Å². The van der Waals surface area contributed by atoms with Crippen molar-refractivity contribution < 1.29 is 80.2 Å². The van der Waals surface area contributed by atoms with Gasteiger partial charge in [0.2, 0.25) is 0 Å². The van der Waals surface area contributed by atoms with Crippen LogP contribution in [0.1, 0.15) is 323 Å². The molecule has 0 saturated carbocycles. The van der Waals surface area contributed by atoms with Gasteiger partial charge in [0.25, 0.3) is 0 Å². The number of rotatable bonds is 64. The lowest BCUT2D eigenvalue weighted by Gasteiger charge is -2.21. The van der Waals surface area contributed by atoms with Gasteiger partial charge in [0.15, 0.2) is 12.2 Å². The molecule has 0 aromatic carbocycles. The van der Waals surface area contributed by atoms with Crippen LogP contribution >= 0.6 is 15.6 Å². The molecule has 5 atom stereocenters. The Morgan fingerprint density at radius 2 is 0.488 bits per heavy atom. The average molecular weight is 1210 g/mol. The van der Waals surface area contributed by atoms with E-state index in [-0.39, 0.29) is 25.7 Å². The predicted octanol–water partition coefficient (Wildman–Crippen LogP) is 17.5. The van der Waals surface area contributed by atoms with E-state index in [9.17, 15) is 43.2 Å². The molecule has 0 aromatic rings. The average Bonchev–Trinajstić information content (AvgIpc) is 3.45. The van der Waals surface area contributed by atoms with Gasteiger partial charge in [0.05, 0.1) is 26.4 Å². The lowest BCUT2D eigenvalue weighted by molar-refractivity contribution is -0.161. The fourth-order valence-corrected chi connectivity index (χ4v) is 11.0. The van der Waals surface area contributed by atoms with E-state index in [4.69, 9.17) is 37.0 Å². The summed E-state index contributed by atoms with van der Waals surface area (Å²) in [6.45, 7) is 4.76. The Morgan fingerprint density at radius 3 is 0.720 bits per heavy atom. The second-order valence-corrected chi connectivity index (χ2v) is 25.7. The van der Waals surface area contributed by atoms with Crippen molar-refractivity contribution in [2.45, 2.75) is 341 Å². The molecule has 0 spiro atoms. The molecule has 0 fully saturated rings. The van der Waals surface area contributed by atoms with Crippen LogP contribution in [0.5, 0.6) is 0 Å². The number of phosphoric acid groups is 2. The van der Waals surface area contributed by atoms with Crippen molar-refractivity contribution in [1.82, 2.24) is 0 Å². The number of aliphatic hydroxyl groups excluding tert-OH is 1. The summed E-state index contributed by atoms with van der Waals surface area (Å²) in [5.74, 6) is -2.15. The van der Waals surface area contributed by atoms with Gasteiger partial charge in [-0.1, -0.05) is 272 Å². The first kappa shape index (κ1) is 80.1.